The molecule has 0 fully saturated rings. The lowest BCUT2D eigenvalue weighted by molar-refractivity contribution is -0.137. The lowest BCUT2D eigenvalue weighted by Gasteiger charge is -2.14. The Morgan fingerprint density at radius 1 is 0.903 bits per heavy atom. The number of ether oxygens (including phenoxy) is 1. The SMILES string of the molecule is CC(C)Oc1ccc(C2=C(Sc3ccccc3)C(=O)N(Cc3ccccn3)C2=O)cc1. The maximum absolute atomic E-state index is 13.4. The number of thioether (sulfide) groups is 1. The summed E-state index contributed by atoms with van der Waals surface area (Å²) in [6, 6.07) is 22.3. The Hall–Kier alpha value is -3.38. The number of benzene rings is 2. The number of amides is 2. The van der Waals surface area contributed by atoms with E-state index in [2.05, 4.69) is 4.98 Å². The summed E-state index contributed by atoms with van der Waals surface area (Å²) in [4.78, 5) is 33.5. The summed E-state index contributed by atoms with van der Waals surface area (Å²) < 4.78 is 5.71. The van der Waals surface area contributed by atoms with Crippen LogP contribution in [0.3, 0.4) is 0 Å². The fraction of sp³-hybridized carbons (Fsp3) is 0.160. The van der Waals surface area contributed by atoms with Crippen LogP contribution in [0, 0.1) is 0 Å². The predicted molar refractivity (Wildman–Crippen MR) is 121 cm³/mol. The van der Waals surface area contributed by atoms with Crippen molar-refractivity contribution in [2.24, 2.45) is 0 Å². The number of rotatable bonds is 7. The Kier molecular flexibility index (Phi) is 6.18. The van der Waals surface area contributed by atoms with Crippen LogP contribution >= 0.6 is 11.8 Å². The fourth-order valence-electron chi connectivity index (χ4n) is 3.28. The number of hydrogen-bond acceptors (Lipinski definition) is 5. The first-order valence-corrected chi connectivity index (χ1v) is 10.8. The smallest absolute Gasteiger partial charge is 0.268 e. The Balaban J connectivity index is 1.70. The summed E-state index contributed by atoms with van der Waals surface area (Å²) in [5.41, 5.74) is 1.76. The van der Waals surface area contributed by atoms with E-state index in [9.17, 15) is 9.59 Å². The van der Waals surface area contributed by atoms with Crippen molar-refractivity contribution in [3.05, 3.63) is 95.2 Å². The molecule has 0 saturated heterocycles. The zero-order valence-electron chi connectivity index (χ0n) is 17.3. The van der Waals surface area contributed by atoms with Gasteiger partial charge in [-0.3, -0.25) is 19.5 Å². The average molecular weight is 431 g/mol. The van der Waals surface area contributed by atoms with Crippen molar-refractivity contribution in [2.45, 2.75) is 31.4 Å². The number of hydrogen-bond donors (Lipinski definition) is 0. The molecule has 0 N–H and O–H groups in total. The standard InChI is InChI=1S/C25H22N2O3S/c1-17(2)30-20-13-11-18(12-14-20)22-23(31-21-9-4-3-5-10-21)25(29)27(24(22)28)16-19-8-6-7-15-26-19/h3-15,17H,16H2,1-2H3. The molecular formula is C25H22N2O3S. The molecule has 0 atom stereocenters. The van der Waals surface area contributed by atoms with Crippen LogP contribution in [0.1, 0.15) is 25.1 Å². The molecule has 0 radical (unpaired) electrons. The predicted octanol–water partition coefficient (Wildman–Crippen LogP) is 4.94. The third-order valence-electron chi connectivity index (χ3n) is 4.65. The third kappa shape index (κ3) is 4.70. The highest BCUT2D eigenvalue weighted by atomic mass is 32.2. The lowest BCUT2D eigenvalue weighted by atomic mass is 10.1. The lowest BCUT2D eigenvalue weighted by Crippen LogP contribution is -2.31. The summed E-state index contributed by atoms with van der Waals surface area (Å²) in [5.74, 6) is 0.104. The number of carbonyl (C=O) groups is 2. The van der Waals surface area contributed by atoms with E-state index >= 15 is 0 Å². The van der Waals surface area contributed by atoms with Gasteiger partial charge >= 0.3 is 0 Å². The molecule has 31 heavy (non-hydrogen) atoms. The van der Waals surface area contributed by atoms with Crippen LogP contribution in [0.25, 0.3) is 5.57 Å². The van der Waals surface area contributed by atoms with Gasteiger partial charge in [0.25, 0.3) is 11.8 Å². The molecule has 156 valence electrons. The van der Waals surface area contributed by atoms with Gasteiger partial charge < -0.3 is 4.74 Å². The molecule has 0 aliphatic carbocycles. The molecule has 2 aromatic carbocycles. The summed E-state index contributed by atoms with van der Waals surface area (Å²) in [6.07, 6.45) is 1.71. The zero-order chi connectivity index (χ0) is 21.8. The van der Waals surface area contributed by atoms with E-state index in [1.165, 1.54) is 16.7 Å². The second-order valence-electron chi connectivity index (χ2n) is 7.33. The maximum Gasteiger partial charge on any atom is 0.268 e. The second kappa shape index (κ2) is 9.18. The van der Waals surface area contributed by atoms with E-state index in [1.54, 1.807) is 18.3 Å². The van der Waals surface area contributed by atoms with Crippen molar-refractivity contribution < 1.29 is 14.3 Å². The van der Waals surface area contributed by atoms with Crippen LogP contribution in [0.5, 0.6) is 5.75 Å². The van der Waals surface area contributed by atoms with Gasteiger partial charge in [0.05, 0.1) is 28.8 Å². The van der Waals surface area contributed by atoms with Crippen molar-refractivity contribution in [1.82, 2.24) is 9.88 Å². The van der Waals surface area contributed by atoms with Gasteiger partial charge in [0, 0.05) is 11.1 Å². The maximum atomic E-state index is 13.4. The minimum absolute atomic E-state index is 0.0535. The van der Waals surface area contributed by atoms with Crippen LogP contribution in [-0.4, -0.2) is 27.8 Å². The van der Waals surface area contributed by atoms with Crippen molar-refractivity contribution >= 4 is 29.1 Å². The highest BCUT2D eigenvalue weighted by Gasteiger charge is 2.39. The molecule has 0 bridgehead atoms. The Morgan fingerprint density at radius 3 is 2.26 bits per heavy atom. The van der Waals surface area contributed by atoms with Crippen LogP contribution < -0.4 is 4.74 Å². The minimum atomic E-state index is -0.313. The average Bonchev–Trinajstić information content (AvgIpc) is 3.00. The molecular weight excluding hydrogens is 408 g/mol. The van der Waals surface area contributed by atoms with E-state index < -0.39 is 0 Å². The van der Waals surface area contributed by atoms with Crippen molar-refractivity contribution in [2.75, 3.05) is 0 Å². The summed E-state index contributed by atoms with van der Waals surface area (Å²) in [5, 5.41) is 0. The summed E-state index contributed by atoms with van der Waals surface area (Å²) in [6.45, 7) is 4.05. The number of pyridine rings is 1. The molecule has 0 unspecified atom stereocenters. The van der Waals surface area contributed by atoms with Gasteiger partial charge in [0.15, 0.2) is 0 Å². The fourth-order valence-corrected chi connectivity index (χ4v) is 4.31. The first-order valence-electron chi connectivity index (χ1n) is 10.0. The molecule has 1 aliphatic rings. The highest BCUT2D eigenvalue weighted by Crippen LogP contribution is 2.40. The van der Waals surface area contributed by atoms with Gasteiger partial charge in [-0.15, -0.1) is 0 Å². The first kappa shape index (κ1) is 20.9. The second-order valence-corrected chi connectivity index (χ2v) is 8.41. The van der Waals surface area contributed by atoms with Gasteiger partial charge in [-0.1, -0.05) is 48.2 Å². The quantitative estimate of drug-likeness (QED) is 0.497. The van der Waals surface area contributed by atoms with Crippen LogP contribution in [-0.2, 0) is 16.1 Å². The highest BCUT2D eigenvalue weighted by molar-refractivity contribution is 8.04. The molecule has 4 rings (SSSR count). The number of imide groups is 1. The van der Waals surface area contributed by atoms with Crippen LogP contribution in [0.2, 0.25) is 0 Å². The zero-order valence-corrected chi connectivity index (χ0v) is 18.1. The summed E-state index contributed by atoms with van der Waals surface area (Å²) >= 11 is 1.31. The first-order chi connectivity index (χ1) is 15.0. The Labute approximate surface area is 185 Å². The molecule has 1 aliphatic heterocycles. The number of carbonyl (C=O) groups excluding carboxylic acids is 2. The van der Waals surface area contributed by atoms with Crippen LogP contribution in [0.4, 0.5) is 0 Å². The number of aromatic nitrogens is 1. The third-order valence-corrected chi connectivity index (χ3v) is 5.74. The van der Waals surface area contributed by atoms with Gasteiger partial charge in [-0.05, 0) is 55.8 Å². The molecule has 0 spiro atoms. The van der Waals surface area contributed by atoms with E-state index in [-0.39, 0.29) is 24.5 Å². The van der Waals surface area contributed by atoms with E-state index in [0.29, 0.717) is 21.7 Å². The van der Waals surface area contributed by atoms with Gasteiger partial charge in [0.2, 0.25) is 0 Å². The van der Waals surface area contributed by atoms with Crippen molar-refractivity contribution in [3.63, 3.8) is 0 Å². The molecule has 5 nitrogen and oxygen atoms in total. The molecule has 1 aromatic heterocycles. The summed E-state index contributed by atoms with van der Waals surface area (Å²) in [7, 11) is 0. The molecule has 0 saturated carbocycles. The minimum Gasteiger partial charge on any atom is -0.491 e. The normalized spacial score (nSPS) is 14.0. The van der Waals surface area contributed by atoms with Gasteiger partial charge in [-0.2, -0.15) is 0 Å². The van der Waals surface area contributed by atoms with Gasteiger partial charge in [0.1, 0.15) is 5.75 Å². The Morgan fingerprint density at radius 2 is 1.61 bits per heavy atom. The van der Waals surface area contributed by atoms with Crippen molar-refractivity contribution in [1.29, 1.82) is 0 Å². The monoisotopic (exact) mass is 430 g/mol. The molecule has 2 heterocycles. The molecule has 6 heteroatoms. The topological polar surface area (TPSA) is 59.5 Å². The van der Waals surface area contributed by atoms with Gasteiger partial charge in [-0.25, -0.2) is 0 Å². The number of nitrogens with zero attached hydrogens (tertiary/aromatic N) is 2. The van der Waals surface area contributed by atoms with Crippen molar-refractivity contribution in [3.8, 4) is 5.75 Å². The largest absolute Gasteiger partial charge is 0.491 e. The van der Waals surface area contributed by atoms with E-state index in [0.717, 1.165) is 10.6 Å². The molecule has 3 aromatic rings. The van der Waals surface area contributed by atoms with E-state index in [1.807, 2.05) is 74.5 Å². The van der Waals surface area contributed by atoms with E-state index in [4.69, 9.17) is 4.74 Å². The Bertz CT molecular complexity index is 1110. The molecule has 2 amide bonds. The van der Waals surface area contributed by atoms with Crippen LogP contribution in [0.15, 0.2) is 88.8 Å².